The van der Waals surface area contributed by atoms with Gasteiger partial charge >= 0.3 is 0 Å². The highest BCUT2D eigenvalue weighted by Crippen LogP contribution is 2.20. The monoisotopic (exact) mass is 344 g/mol. The van der Waals surface area contributed by atoms with Crippen molar-refractivity contribution in [3.63, 3.8) is 0 Å². The molecule has 3 rings (SSSR count). The van der Waals surface area contributed by atoms with Crippen molar-refractivity contribution >= 4 is 27.1 Å². The summed E-state index contributed by atoms with van der Waals surface area (Å²) in [6, 6.07) is 8.64. The lowest BCUT2D eigenvalue weighted by molar-refractivity contribution is 0.0989. The van der Waals surface area contributed by atoms with E-state index in [-0.39, 0.29) is 10.9 Å². The van der Waals surface area contributed by atoms with E-state index in [2.05, 4.69) is 9.97 Å². The van der Waals surface area contributed by atoms with Crippen LogP contribution in [0.5, 0.6) is 0 Å². The van der Waals surface area contributed by atoms with Crippen LogP contribution in [0.25, 0.3) is 5.52 Å². The molecule has 124 valence electrons. The third-order valence-corrected chi connectivity index (χ3v) is 4.55. The van der Waals surface area contributed by atoms with Crippen LogP contribution in [0.1, 0.15) is 16.1 Å². The molecule has 0 N–H and O–H groups in total. The van der Waals surface area contributed by atoms with Crippen LogP contribution in [0.4, 0.5) is 5.82 Å². The second-order valence-corrected chi connectivity index (χ2v) is 7.44. The van der Waals surface area contributed by atoms with Crippen LogP contribution in [0, 0.1) is 6.92 Å². The van der Waals surface area contributed by atoms with Crippen LogP contribution >= 0.6 is 0 Å². The molecule has 3 heterocycles. The van der Waals surface area contributed by atoms with Crippen molar-refractivity contribution in [3.05, 3.63) is 54.0 Å². The molecular formula is C16H16N4O3S. The first-order valence-corrected chi connectivity index (χ1v) is 9.06. The molecule has 0 radical (unpaired) electrons. The van der Waals surface area contributed by atoms with Gasteiger partial charge in [-0.1, -0.05) is 12.1 Å². The number of hydrogen-bond donors (Lipinski definition) is 0. The summed E-state index contributed by atoms with van der Waals surface area (Å²) in [6.45, 7) is 1.90. The molecular weight excluding hydrogens is 328 g/mol. The molecule has 0 unspecified atom stereocenters. The molecule has 0 spiro atoms. The Bertz CT molecular complexity index is 1020. The van der Waals surface area contributed by atoms with Gasteiger partial charge in [0.05, 0.1) is 5.52 Å². The number of hydrogen-bond acceptors (Lipinski definition) is 5. The molecule has 24 heavy (non-hydrogen) atoms. The Morgan fingerprint density at radius 1 is 1.21 bits per heavy atom. The van der Waals surface area contributed by atoms with Gasteiger partial charge in [0, 0.05) is 25.7 Å². The number of sulfone groups is 1. The minimum absolute atomic E-state index is 0.0703. The molecule has 0 saturated heterocycles. The van der Waals surface area contributed by atoms with Crippen LogP contribution < -0.4 is 4.90 Å². The van der Waals surface area contributed by atoms with Crippen molar-refractivity contribution in [2.75, 3.05) is 18.2 Å². The summed E-state index contributed by atoms with van der Waals surface area (Å²) in [4.78, 5) is 22.4. The highest BCUT2D eigenvalue weighted by molar-refractivity contribution is 7.90. The van der Waals surface area contributed by atoms with Gasteiger partial charge in [-0.15, -0.1) is 0 Å². The minimum Gasteiger partial charge on any atom is -0.294 e. The predicted octanol–water partition coefficient (Wildman–Crippen LogP) is 1.72. The lowest BCUT2D eigenvalue weighted by Crippen LogP contribution is -2.27. The van der Waals surface area contributed by atoms with Crippen LogP contribution in [0.2, 0.25) is 0 Å². The van der Waals surface area contributed by atoms with E-state index in [9.17, 15) is 13.2 Å². The number of anilines is 1. The van der Waals surface area contributed by atoms with Gasteiger partial charge in [-0.25, -0.2) is 18.4 Å². The maximum absolute atomic E-state index is 12.8. The van der Waals surface area contributed by atoms with Crippen LogP contribution in [-0.4, -0.2) is 42.0 Å². The largest absolute Gasteiger partial charge is 0.294 e. The maximum atomic E-state index is 12.8. The van der Waals surface area contributed by atoms with Crippen molar-refractivity contribution in [1.82, 2.24) is 14.4 Å². The van der Waals surface area contributed by atoms with Gasteiger partial charge in [0.2, 0.25) is 15.0 Å². The summed E-state index contributed by atoms with van der Waals surface area (Å²) in [5, 5.41) is -0.160. The Balaban J connectivity index is 2.12. The molecule has 0 aliphatic carbocycles. The third kappa shape index (κ3) is 2.76. The summed E-state index contributed by atoms with van der Waals surface area (Å²) in [5.41, 5.74) is 1.48. The SMILES string of the molecule is Cc1ccc(N(C)C(=O)c2nc(S(C)(=O)=O)n3ccccc23)nc1. The molecule has 3 aromatic rings. The van der Waals surface area contributed by atoms with E-state index in [4.69, 9.17) is 0 Å². The summed E-state index contributed by atoms with van der Waals surface area (Å²) in [7, 11) is -1.99. The Morgan fingerprint density at radius 2 is 1.96 bits per heavy atom. The molecule has 8 heteroatoms. The van der Waals surface area contributed by atoms with Crippen LogP contribution in [0.3, 0.4) is 0 Å². The topological polar surface area (TPSA) is 84.6 Å². The molecule has 0 fully saturated rings. The summed E-state index contributed by atoms with van der Waals surface area (Å²) >= 11 is 0. The normalized spacial score (nSPS) is 11.6. The Morgan fingerprint density at radius 3 is 2.58 bits per heavy atom. The number of imidazole rings is 1. The zero-order chi connectivity index (χ0) is 17.5. The van der Waals surface area contributed by atoms with Gasteiger partial charge < -0.3 is 0 Å². The van der Waals surface area contributed by atoms with Crippen molar-refractivity contribution in [2.45, 2.75) is 12.1 Å². The van der Waals surface area contributed by atoms with Gasteiger partial charge in [0.1, 0.15) is 5.82 Å². The van der Waals surface area contributed by atoms with E-state index in [1.165, 1.54) is 9.30 Å². The Labute approximate surface area is 139 Å². The number of fused-ring (bicyclic) bond motifs is 1. The van der Waals surface area contributed by atoms with Crippen molar-refractivity contribution < 1.29 is 13.2 Å². The van der Waals surface area contributed by atoms with Crippen molar-refractivity contribution in [3.8, 4) is 0 Å². The fraction of sp³-hybridized carbons (Fsp3) is 0.188. The zero-order valence-electron chi connectivity index (χ0n) is 13.5. The van der Waals surface area contributed by atoms with E-state index in [1.807, 2.05) is 13.0 Å². The van der Waals surface area contributed by atoms with Gasteiger partial charge in [-0.05, 0) is 30.7 Å². The lowest BCUT2D eigenvalue weighted by atomic mass is 10.3. The van der Waals surface area contributed by atoms with Gasteiger partial charge in [0.15, 0.2) is 5.69 Å². The number of rotatable bonds is 3. The molecule has 0 aliphatic heterocycles. The molecule has 0 aromatic carbocycles. The highest BCUT2D eigenvalue weighted by atomic mass is 32.2. The Kier molecular flexibility index (Phi) is 3.84. The number of aryl methyl sites for hydroxylation is 1. The first kappa shape index (κ1) is 16.1. The standard InChI is InChI=1S/C16H16N4O3S/c1-11-7-8-13(17-10-11)19(2)15(21)14-12-6-4-5-9-20(12)16(18-14)24(3,22)23/h4-10H,1-3H3. The fourth-order valence-electron chi connectivity index (χ4n) is 2.35. The smallest absolute Gasteiger partial charge is 0.280 e. The van der Waals surface area contributed by atoms with Crippen LogP contribution in [-0.2, 0) is 9.84 Å². The summed E-state index contributed by atoms with van der Waals surface area (Å²) in [5.74, 6) is 0.0357. The van der Waals surface area contributed by atoms with Gasteiger partial charge in [0.25, 0.3) is 5.91 Å². The molecule has 7 nitrogen and oxygen atoms in total. The fourth-order valence-corrected chi connectivity index (χ4v) is 3.12. The maximum Gasteiger partial charge on any atom is 0.280 e. The Hall–Kier alpha value is -2.74. The minimum atomic E-state index is -3.57. The molecule has 0 atom stereocenters. The third-order valence-electron chi connectivity index (χ3n) is 3.59. The second-order valence-electron chi connectivity index (χ2n) is 5.53. The lowest BCUT2D eigenvalue weighted by Gasteiger charge is -2.15. The first-order valence-electron chi connectivity index (χ1n) is 7.17. The van der Waals surface area contributed by atoms with Crippen molar-refractivity contribution in [1.29, 1.82) is 0 Å². The van der Waals surface area contributed by atoms with E-state index < -0.39 is 15.7 Å². The zero-order valence-corrected chi connectivity index (χ0v) is 14.3. The van der Waals surface area contributed by atoms with Gasteiger partial charge in [-0.2, -0.15) is 0 Å². The highest BCUT2D eigenvalue weighted by Gasteiger charge is 2.25. The van der Waals surface area contributed by atoms with Gasteiger partial charge in [-0.3, -0.25) is 14.1 Å². The summed E-state index contributed by atoms with van der Waals surface area (Å²) < 4.78 is 25.3. The molecule has 1 amide bonds. The quantitative estimate of drug-likeness (QED) is 0.722. The molecule has 0 aliphatic rings. The molecule has 0 bridgehead atoms. The van der Waals surface area contributed by atoms with E-state index >= 15 is 0 Å². The number of carbonyl (C=O) groups is 1. The van der Waals surface area contributed by atoms with E-state index in [0.717, 1.165) is 11.8 Å². The van der Waals surface area contributed by atoms with Crippen molar-refractivity contribution in [2.24, 2.45) is 0 Å². The average Bonchev–Trinajstić information content (AvgIpc) is 2.94. The van der Waals surface area contributed by atoms with Crippen LogP contribution in [0.15, 0.2) is 47.9 Å². The summed E-state index contributed by atoms with van der Waals surface area (Å²) in [6.07, 6.45) is 4.29. The van der Waals surface area contributed by atoms with E-state index in [1.54, 1.807) is 43.7 Å². The second kappa shape index (κ2) is 5.72. The number of aromatic nitrogens is 3. The average molecular weight is 344 g/mol. The van der Waals surface area contributed by atoms with E-state index in [0.29, 0.717) is 11.3 Å². The number of carbonyl (C=O) groups excluding carboxylic acids is 1. The molecule has 0 saturated carbocycles. The first-order chi connectivity index (χ1) is 11.3. The number of pyridine rings is 2. The number of amides is 1. The molecule has 3 aromatic heterocycles. The predicted molar refractivity (Wildman–Crippen MR) is 90.0 cm³/mol. The number of nitrogens with zero attached hydrogens (tertiary/aromatic N) is 4.